The highest BCUT2D eigenvalue weighted by Crippen LogP contribution is 2.39. The summed E-state index contributed by atoms with van der Waals surface area (Å²) in [6.45, 7) is 1.96. The predicted molar refractivity (Wildman–Crippen MR) is 119 cm³/mol. The number of carbonyl (C=O) groups excluding carboxylic acids is 2. The zero-order chi connectivity index (χ0) is 22.4. The lowest BCUT2D eigenvalue weighted by Crippen LogP contribution is -2.48. The number of nitrogens with two attached hydrogens (primary N) is 1. The third-order valence-corrected chi connectivity index (χ3v) is 5.89. The number of amides is 2. The van der Waals surface area contributed by atoms with E-state index in [-0.39, 0.29) is 23.6 Å². The molecule has 7 nitrogen and oxygen atoms in total. The molecule has 0 heterocycles. The number of hydrogen-bond donors (Lipinski definition) is 5. The largest absolute Gasteiger partial charge is 0.385 e. The van der Waals surface area contributed by atoms with Crippen molar-refractivity contribution in [2.45, 2.75) is 50.8 Å². The maximum absolute atomic E-state index is 12.8. The highest BCUT2D eigenvalue weighted by molar-refractivity contribution is 5.94. The molecule has 7 heteroatoms. The molecule has 1 aliphatic rings. The van der Waals surface area contributed by atoms with Crippen molar-refractivity contribution in [2.75, 3.05) is 0 Å². The summed E-state index contributed by atoms with van der Waals surface area (Å²) in [4.78, 5) is 25.2. The molecule has 2 aromatic carbocycles. The number of benzene rings is 2. The van der Waals surface area contributed by atoms with E-state index in [2.05, 4.69) is 10.6 Å². The molecule has 0 aromatic heterocycles. The lowest BCUT2D eigenvalue weighted by molar-refractivity contribution is -0.134. The third-order valence-electron chi connectivity index (χ3n) is 5.89. The SMILES string of the molecule is C[C@H](NC(=O)[C@@H]1CCC[C@@](O)(c2ccccc2)C1)C(=O)NCc1ccc(C(=N)N)cc1. The molecule has 31 heavy (non-hydrogen) atoms. The first-order chi connectivity index (χ1) is 14.8. The molecule has 3 rings (SSSR count). The summed E-state index contributed by atoms with van der Waals surface area (Å²) in [7, 11) is 0. The number of amidine groups is 1. The number of nitrogen functional groups attached to an aromatic ring is 1. The summed E-state index contributed by atoms with van der Waals surface area (Å²) in [5, 5.41) is 24.1. The minimum absolute atomic E-state index is 0.00574. The van der Waals surface area contributed by atoms with Crippen molar-refractivity contribution in [3.8, 4) is 0 Å². The molecular formula is C24H30N4O3. The molecule has 6 N–H and O–H groups in total. The van der Waals surface area contributed by atoms with Crippen molar-refractivity contribution in [3.63, 3.8) is 0 Å². The fourth-order valence-corrected chi connectivity index (χ4v) is 4.03. The van der Waals surface area contributed by atoms with Crippen LogP contribution in [0, 0.1) is 11.3 Å². The summed E-state index contributed by atoms with van der Waals surface area (Å²) in [5.74, 6) is -0.831. The maximum Gasteiger partial charge on any atom is 0.242 e. The Morgan fingerprint density at radius 1 is 1.19 bits per heavy atom. The predicted octanol–water partition coefficient (Wildman–Crippen LogP) is 2.17. The van der Waals surface area contributed by atoms with Gasteiger partial charge in [0.25, 0.3) is 0 Å². The highest BCUT2D eigenvalue weighted by Gasteiger charge is 2.39. The van der Waals surface area contributed by atoms with E-state index in [9.17, 15) is 14.7 Å². The van der Waals surface area contributed by atoms with E-state index in [1.807, 2.05) is 30.3 Å². The Balaban J connectivity index is 1.52. The molecule has 0 unspecified atom stereocenters. The van der Waals surface area contributed by atoms with Gasteiger partial charge in [0.15, 0.2) is 0 Å². The van der Waals surface area contributed by atoms with Gasteiger partial charge in [0.2, 0.25) is 11.8 Å². The molecule has 0 radical (unpaired) electrons. The second-order valence-corrected chi connectivity index (χ2v) is 8.25. The number of carbonyl (C=O) groups is 2. The molecule has 2 aromatic rings. The number of aliphatic hydroxyl groups is 1. The summed E-state index contributed by atoms with van der Waals surface area (Å²) in [6.07, 6.45) is 2.41. The molecule has 0 aliphatic heterocycles. The monoisotopic (exact) mass is 422 g/mol. The van der Waals surface area contributed by atoms with Gasteiger partial charge in [-0.25, -0.2) is 0 Å². The van der Waals surface area contributed by atoms with Gasteiger partial charge in [-0.05, 0) is 43.7 Å². The standard InChI is InChI=1S/C24H30N4O3/c1-16(22(29)27-15-17-9-11-18(12-10-17)21(25)26)28-23(30)19-6-5-13-24(31,14-19)20-7-3-2-4-8-20/h2-4,7-12,16,19,31H,5-6,13-15H2,1H3,(H3,25,26)(H,27,29)(H,28,30)/t16-,19+,24-/m0/s1. The van der Waals surface area contributed by atoms with Crippen molar-refractivity contribution < 1.29 is 14.7 Å². The minimum Gasteiger partial charge on any atom is -0.385 e. The molecule has 2 amide bonds. The molecule has 1 aliphatic carbocycles. The topological polar surface area (TPSA) is 128 Å². The first kappa shape index (κ1) is 22.5. The van der Waals surface area contributed by atoms with Crippen LogP contribution >= 0.6 is 0 Å². The van der Waals surface area contributed by atoms with Crippen molar-refractivity contribution in [1.82, 2.24) is 10.6 Å². The molecule has 0 bridgehead atoms. The summed E-state index contributed by atoms with van der Waals surface area (Å²) >= 11 is 0. The van der Waals surface area contributed by atoms with Gasteiger partial charge in [-0.3, -0.25) is 15.0 Å². The van der Waals surface area contributed by atoms with Crippen LogP contribution in [0.15, 0.2) is 54.6 Å². The fourth-order valence-electron chi connectivity index (χ4n) is 4.03. The van der Waals surface area contributed by atoms with Crippen LogP contribution in [0.2, 0.25) is 0 Å². The third kappa shape index (κ3) is 5.70. The fraction of sp³-hybridized carbons (Fsp3) is 0.375. The van der Waals surface area contributed by atoms with E-state index in [0.717, 1.165) is 17.5 Å². The molecule has 3 atom stereocenters. The average molecular weight is 423 g/mol. The van der Waals surface area contributed by atoms with Crippen molar-refractivity contribution in [1.29, 1.82) is 5.41 Å². The summed E-state index contributed by atoms with van der Waals surface area (Å²) in [6, 6.07) is 15.8. The second kappa shape index (κ2) is 9.75. The smallest absolute Gasteiger partial charge is 0.242 e. The van der Waals surface area contributed by atoms with Crippen LogP contribution in [-0.4, -0.2) is 28.8 Å². The van der Waals surface area contributed by atoms with E-state index >= 15 is 0 Å². The Hall–Kier alpha value is -3.19. The molecule has 0 spiro atoms. The molecule has 0 saturated heterocycles. The van der Waals surface area contributed by atoms with Crippen molar-refractivity contribution in [3.05, 3.63) is 71.3 Å². The Labute approximate surface area is 182 Å². The number of rotatable bonds is 7. The Morgan fingerprint density at radius 3 is 2.52 bits per heavy atom. The second-order valence-electron chi connectivity index (χ2n) is 8.25. The molecule has 1 saturated carbocycles. The van der Waals surface area contributed by atoms with Crippen LogP contribution in [0.25, 0.3) is 0 Å². The van der Waals surface area contributed by atoms with Gasteiger partial charge in [0.1, 0.15) is 11.9 Å². The van der Waals surface area contributed by atoms with Crippen LogP contribution in [0.1, 0.15) is 49.3 Å². The molecular weight excluding hydrogens is 392 g/mol. The Morgan fingerprint density at radius 2 is 1.87 bits per heavy atom. The quantitative estimate of drug-likeness (QED) is 0.346. The van der Waals surface area contributed by atoms with Gasteiger partial charge in [-0.2, -0.15) is 0 Å². The maximum atomic E-state index is 12.8. The van der Waals surface area contributed by atoms with Gasteiger partial charge in [-0.15, -0.1) is 0 Å². The normalized spacial score (nSPS) is 21.7. The van der Waals surface area contributed by atoms with Crippen molar-refractivity contribution >= 4 is 17.6 Å². The Bertz CT molecular complexity index is 930. The molecule has 1 fully saturated rings. The van der Waals surface area contributed by atoms with E-state index in [0.29, 0.717) is 31.4 Å². The zero-order valence-corrected chi connectivity index (χ0v) is 17.7. The first-order valence-corrected chi connectivity index (χ1v) is 10.6. The van der Waals surface area contributed by atoms with Gasteiger partial charge in [-0.1, -0.05) is 54.6 Å². The van der Waals surface area contributed by atoms with Crippen LogP contribution in [0.5, 0.6) is 0 Å². The van der Waals surface area contributed by atoms with Gasteiger partial charge in [0.05, 0.1) is 5.60 Å². The van der Waals surface area contributed by atoms with Crippen LogP contribution < -0.4 is 16.4 Å². The molecule has 164 valence electrons. The highest BCUT2D eigenvalue weighted by atomic mass is 16.3. The van der Waals surface area contributed by atoms with Crippen molar-refractivity contribution in [2.24, 2.45) is 11.7 Å². The van der Waals surface area contributed by atoms with Crippen LogP contribution in [0.3, 0.4) is 0 Å². The zero-order valence-electron chi connectivity index (χ0n) is 17.7. The average Bonchev–Trinajstić information content (AvgIpc) is 2.78. The minimum atomic E-state index is -1.01. The summed E-state index contributed by atoms with van der Waals surface area (Å²) < 4.78 is 0. The van der Waals surface area contributed by atoms with E-state index in [1.54, 1.807) is 31.2 Å². The van der Waals surface area contributed by atoms with Gasteiger partial charge in [0, 0.05) is 18.0 Å². The van der Waals surface area contributed by atoms with Crippen LogP contribution in [-0.2, 0) is 21.7 Å². The Kier molecular flexibility index (Phi) is 7.07. The van der Waals surface area contributed by atoms with E-state index in [4.69, 9.17) is 11.1 Å². The number of nitrogens with one attached hydrogen (secondary N) is 3. The summed E-state index contributed by atoms with van der Waals surface area (Å²) in [5.41, 5.74) is 6.75. The van der Waals surface area contributed by atoms with Gasteiger partial charge >= 0.3 is 0 Å². The number of hydrogen-bond acceptors (Lipinski definition) is 4. The lowest BCUT2D eigenvalue weighted by Gasteiger charge is -2.37. The first-order valence-electron chi connectivity index (χ1n) is 10.6. The van der Waals surface area contributed by atoms with Crippen LogP contribution in [0.4, 0.5) is 0 Å². The van der Waals surface area contributed by atoms with E-state index < -0.39 is 11.6 Å². The lowest BCUT2D eigenvalue weighted by atomic mass is 9.74. The van der Waals surface area contributed by atoms with Gasteiger partial charge < -0.3 is 21.5 Å². The van der Waals surface area contributed by atoms with E-state index in [1.165, 1.54) is 0 Å².